The summed E-state index contributed by atoms with van der Waals surface area (Å²) < 4.78 is 0. The lowest BCUT2D eigenvalue weighted by molar-refractivity contribution is -0.120. The first-order chi connectivity index (χ1) is 8.25. The highest BCUT2D eigenvalue weighted by Gasteiger charge is 2.21. The van der Waals surface area contributed by atoms with Gasteiger partial charge in [0.2, 0.25) is 5.91 Å². The van der Waals surface area contributed by atoms with Crippen LogP contribution in [0.4, 0.5) is 0 Å². The van der Waals surface area contributed by atoms with E-state index in [1.54, 1.807) is 0 Å². The Morgan fingerprint density at radius 2 is 2.06 bits per heavy atom. The lowest BCUT2D eigenvalue weighted by Crippen LogP contribution is -2.43. The van der Waals surface area contributed by atoms with E-state index < -0.39 is 0 Å². The normalized spacial score (nSPS) is 22.6. The predicted molar refractivity (Wildman–Crippen MR) is 68.9 cm³/mol. The summed E-state index contributed by atoms with van der Waals surface area (Å²) in [4.78, 5) is 14.0. The molecule has 1 unspecified atom stereocenters. The Balaban J connectivity index is 1.51. The van der Waals surface area contributed by atoms with E-state index in [1.807, 2.05) is 0 Å². The molecular weight excluding hydrogens is 214 g/mol. The van der Waals surface area contributed by atoms with Crippen LogP contribution in [0.1, 0.15) is 32.6 Å². The SMILES string of the molecule is CC(CNC(=O)CNCC1CC1)N1CCCC1. The van der Waals surface area contributed by atoms with Gasteiger partial charge in [-0.2, -0.15) is 0 Å². The van der Waals surface area contributed by atoms with Gasteiger partial charge in [-0.15, -0.1) is 0 Å². The van der Waals surface area contributed by atoms with E-state index in [0.717, 1.165) is 19.0 Å². The number of nitrogens with zero attached hydrogens (tertiary/aromatic N) is 1. The van der Waals surface area contributed by atoms with E-state index in [0.29, 0.717) is 12.6 Å². The summed E-state index contributed by atoms with van der Waals surface area (Å²) >= 11 is 0. The van der Waals surface area contributed by atoms with Crippen LogP contribution in [-0.4, -0.2) is 49.6 Å². The molecule has 2 fully saturated rings. The van der Waals surface area contributed by atoms with Gasteiger partial charge in [0.1, 0.15) is 0 Å². The molecule has 0 bridgehead atoms. The third-order valence-corrected chi connectivity index (χ3v) is 3.77. The number of hydrogen-bond acceptors (Lipinski definition) is 3. The van der Waals surface area contributed by atoms with Crippen LogP contribution in [0.25, 0.3) is 0 Å². The molecule has 1 amide bonds. The Labute approximate surface area is 104 Å². The quantitative estimate of drug-likeness (QED) is 0.683. The van der Waals surface area contributed by atoms with Gasteiger partial charge >= 0.3 is 0 Å². The van der Waals surface area contributed by atoms with Crippen molar-refractivity contribution in [3.05, 3.63) is 0 Å². The molecule has 0 aromatic carbocycles. The monoisotopic (exact) mass is 239 g/mol. The molecule has 0 radical (unpaired) electrons. The topological polar surface area (TPSA) is 44.4 Å². The Morgan fingerprint density at radius 1 is 1.35 bits per heavy atom. The highest BCUT2D eigenvalue weighted by Crippen LogP contribution is 2.27. The predicted octanol–water partition coefficient (Wildman–Crippen LogP) is 0.587. The molecule has 0 spiro atoms. The summed E-state index contributed by atoms with van der Waals surface area (Å²) in [5, 5.41) is 6.23. The molecule has 2 N–H and O–H groups in total. The van der Waals surface area contributed by atoms with Gasteiger partial charge in [-0.1, -0.05) is 0 Å². The van der Waals surface area contributed by atoms with Crippen molar-refractivity contribution in [2.45, 2.75) is 38.6 Å². The van der Waals surface area contributed by atoms with Crippen LogP contribution in [0.15, 0.2) is 0 Å². The molecule has 1 aliphatic heterocycles. The number of amides is 1. The molecule has 17 heavy (non-hydrogen) atoms. The minimum atomic E-state index is 0.136. The zero-order valence-electron chi connectivity index (χ0n) is 10.9. The fourth-order valence-corrected chi connectivity index (χ4v) is 2.35. The van der Waals surface area contributed by atoms with Gasteiger partial charge in [-0.25, -0.2) is 0 Å². The lowest BCUT2D eigenvalue weighted by Gasteiger charge is -2.23. The second-order valence-electron chi connectivity index (χ2n) is 5.47. The van der Waals surface area contributed by atoms with Crippen molar-refractivity contribution in [1.29, 1.82) is 0 Å². The highest BCUT2D eigenvalue weighted by atomic mass is 16.1. The van der Waals surface area contributed by atoms with Gasteiger partial charge in [-0.3, -0.25) is 9.69 Å². The second-order valence-corrected chi connectivity index (χ2v) is 5.47. The summed E-state index contributed by atoms with van der Waals surface area (Å²) in [6.45, 7) is 6.85. The smallest absolute Gasteiger partial charge is 0.234 e. The molecule has 0 aromatic rings. The summed E-state index contributed by atoms with van der Waals surface area (Å²) in [6.07, 6.45) is 5.28. The van der Waals surface area contributed by atoms with E-state index in [4.69, 9.17) is 0 Å². The Morgan fingerprint density at radius 3 is 2.71 bits per heavy atom. The maximum absolute atomic E-state index is 11.6. The van der Waals surface area contributed by atoms with Crippen molar-refractivity contribution in [2.24, 2.45) is 5.92 Å². The van der Waals surface area contributed by atoms with Crippen LogP contribution in [0, 0.1) is 5.92 Å². The molecule has 1 saturated heterocycles. The Hall–Kier alpha value is -0.610. The van der Waals surface area contributed by atoms with Crippen molar-refractivity contribution in [3.63, 3.8) is 0 Å². The van der Waals surface area contributed by atoms with E-state index in [-0.39, 0.29) is 5.91 Å². The fraction of sp³-hybridized carbons (Fsp3) is 0.923. The molecule has 4 nitrogen and oxygen atoms in total. The fourth-order valence-electron chi connectivity index (χ4n) is 2.35. The van der Waals surface area contributed by atoms with Crippen molar-refractivity contribution in [1.82, 2.24) is 15.5 Å². The number of likely N-dealkylation sites (tertiary alicyclic amines) is 1. The zero-order valence-corrected chi connectivity index (χ0v) is 10.9. The molecule has 98 valence electrons. The van der Waals surface area contributed by atoms with E-state index in [1.165, 1.54) is 38.8 Å². The summed E-state index contributed by atoms with van der Waals surface area (Å²) in [5.41, 5.74) is 0. The number of carbonyl (C=O) groups is 1. The number of carbonyl (C=O) groups excluding carboxylic acids is 1. The van der Waals surface area contributed by atoms with Crippen molar-refractivity contribution >= 4 is 5.91 Å². The van der Waals surface area contributed by atoms with Crippen LogP contribution in [-0.2, 0) is 4.79 Å². The third-order valence-electron chi connectivity index (χ3n) is 3.77. The first-order valence-electron chi connectivity index (χ1n) is 6.97. The van der Waals surface area contributed by atoms with E-state index in [9.17, 15) is 4.79 Å². The maximum Gasteiger partial charge on any atom is 0.234 e. The maximum atomic E-state index is 11.6. The van der Waals surface area contributed by atoms with Gasteiger partial charge in [0.25, 0.3) is 0 Å². The van der Waals surface area contributed by atoms with E-state index >= 15 is 0 Å². The Bertz CT molecular complexity index is 247. The molecule has 2 rings (SSSR count). The highest BCUT2D eigenvalue weighted by molar-refractivity contribution is 5.77. The minimum absolute atomic E-state index is 0.136. The van der Waals surface area contributed by atoms with Gasteiger partial charge in [0, 0.05) is 12.6 Å². The summed E-state index contributed by atoms with van der Waals surface area (Å²) in [7, 11) is 0. The molecule has 4 heteroatoms. The average Bonchev–Trinajstić information content (AvgIpc) is 2.97. The summed E-state index contributed by atoms with van der Waals surface area (Å²) in [5.74, 6) is 0.975. The zero-order chi connectivity index (χ0) is 12.1. The largest absolute Gasteiger partial charge is 0.353 e. The van der Waals surface area contributed by atoms with Crippen LogP contribution >= 0.6 is 0 Å². The molecule has 0 aromatic heterocycles. The first kappa shape index (κ1) is 12.8. The number of hydrogen-bond donors (Lipinski definition) is 2. The van der Waals surface area contributed by atoms with Crippen LogP contribution < -0.4 is 10.6 Å². The van der Waals surface area contributed by atoms with Gasteiger partial charge in [0.05, 0.1) is 6.54 Å². The third kappa shape index (κ3) is 4.64. The van der Waals surface area contributed by atoms with Crippen molar-refractivity contribution < 1.29 is 4.79 Å². The molecule has 1 atom stereocenters. The van der Waals surface area contributed by atoms with E-state index in [2.05, 4.69) is 22.5 Å². The molecule has 1 heterocycles. The van der Waals surface area contributed by atoms with Crippen LogP contribution in [0.2, 0.25) is 0 Å². The number of rotatable bonds is 7. The molecule has 1 aliphatic carbocycles. The standard InChI is InChI=1S/C13H25N3O/c1-11(16-6-2-3-7-16)8-15-13(17)10-14-9-12-4-5-12/h11-12,14H,2-10H2,1H3,(H,15,17). The van der Waals surface area contributed by atoms with Gasteiger partial charge in [0.15, 0.2) is 0 Å². The van der Waals surface area contributed by atoms with Crippen LogP contribution in [0.3, 0.4) is 0 Å². The number of nitrogens with one attached hydrogen (secondary N) is 2. The lowest BCUT2D eigenvalue weighted by atomic mass is 10.3. The van der Waals surface area contributed by atoms with Crippen LogP contribution in [0.5, 0.6) is 0 Å². The minimum Gasteiger partial charge on any atom is -0.353 e. The second kappa shape index (κ2) is 6.36. The Kier molecular flexibility index (Phi) is 4.80. The van der Waals surface area contributed by atoms with Crippen molar-refractivity contribution in [2.75, 3.05) is 32.7 Å². The molecule has 2 aliphatic rings. The van der Waals surface area contributed by atoms with Gasteiger partial charge < -0.3 is 10.6 Å². The summed E-state index contributed by atoms with van der Waals surface area (Å²) in [6, 6.07) is 0.477. The van der Waals surface area contributed by atoms with Gasteiger partial charge in [-0.05, 0) is 58.2 Å². The average molecular weight is 239 g/mol. The molecular formula is C13H25N3O. The van der Waals surface area contributed by atoms with Crippen molar-refractivity contribution in [3.8, 4) is 0 Å². The first-order valence-corrected chi connectivity index (χ1v) is 6.97. The molecule has 1 saturated carbocycles.